The number of halogens is 1. The van der Waals surface area contributed by atoms with Gasteiger partial charge in [-0.3, -0.25) is 4.79 Å². The zero-order valence-electron chi connectivity index (χ0n) is 11.0. The van der Waals surface area contributed by atoms with Crippen LogP contribution >= 0.6 is 11.6 Å². The van der Waals surface area contributed by atoms with E-state index in [9.17, 15) is 9.90 Å². The molecular formula is C14H16ClN3O2. The van der Waals surface area contributed by atoms with Gasteiger partial charge in [0.1, 0.15) is 16.9 Å². The summed E-state index contributed by atoms with van der Waals surface area (Å²) in [5, 5.41) is 21.7. The summed E-state index contributed by atoms with van der Waals surface area (Å²) in [6.45, 7) is 0. The number of aromatic nitrogens is 1. The number of anilines is 1. The van der Waals surface area contributed by atoms with Crippen LogP contribution < -0.4 is 5.32 Å². The molecule has 1 aromatic heterocycles. The van der Waals surface area contributed by atoms with Crippen LogP contribution in [-0.2, 0) is 4.79 Å². The molecule has 106 valence electrons. The van der Waals surface area contributed by atoms with Gasteiger partial charge in [-0.25, -0.2) is 4.98 Å². The van der Waals surface area contributed by atoms with E-state index in [0.717, 1.165) is 25.7 Å². The van der Waals surface area contributed by atoms with Gasteiger partial charge in [0.15, 0.2) is 0 Å². The number of hydrogen-bond donors (Lipinski definition) is 2. The van der Waals surface area contributed by atoms with Gasteiger partial charge in [-0.2, -0.15) is 5.26 Å². The first-order chi connectivity index (χ1) is 9.63. The van der Waals surface area contributed by atoms with Crippen molar-refractivity contribution >= 4 is 23.4 Å². The van der Waals surface area contributed by atoms with Crippen molar-refractivity contribution in [1.29, 1.82) is 5.26 Å². The fourth-order valence-corrected chi connectivity index (χ4v) is 2.79. The Morgan fingerprint density at radius 1 is 1.45 bits per heavy atom. The molecular weight excluding hydrogens is 278 g/mol. The Labute approximate surface area is 122 Å². The van der Waals surface area contributed by atoms with E-state index in [0.29, 0.717) is 17.8 Å². The third kappa shape index (κ3) is 3.20. The van der Waals surface area contributed by atoms with E-state index in [1.165, 1.54) is 12.3 Å². The summed E-state index contributed by atoms with van der Waals surface area (Å²) in [6, 6.07) is 3.33. The highest BCUT2D eigenvalue weighted by atomic mass is 35.5. The smallest absolute Gasteiger partial charge is 0.308 e. The van der Waals surface area contributed by atoms with E-state index in [-0.39, 0.29) is 11.1 Å². The average Bonchev–Trinajstić information content (AvgIpc) is 2.66. The van der Waals surface area contributed by atoms with Crippen LogP contribution in [0.5, 0.6) is 0 Å². The second-order valence-corrected chi connectivity index (χ2v) is 5.34. The first-order valence-electron chi connectivity index (χ1n) is 6.67. The molecule has 1 aliphatic carbocycles. The highest BCUT2D eigenvalue weighted by Crippen LogP contribution is 2.29. The van der Waals surface area contributed by atoms with Crippen LogP contribution in [0, 0.1) is 17.2 Å². The molecule has 1 fully saturated rings. The third-order valence-electron chi connectivity index (χ3n) is 3.66. The van der Waals surface area contributed by atoms with Crippen LogP contribution in [0.3, 0.4) is 0 Å². The van der Waals surface area contributed by atoms with E-state index in [1.807, 2.05) is 6.07 Å². The fraction of sp³-hybridized carbons (Fsp3) is 0.500. The van der Waals surface area contributed by atoms with Crippen LogP contribution in [0.1, 0.15) is 37.7 Å². The average molecular weight is 294 g/mol. The molecule has 1 saturated carbocycles. The number of aliphatic carboxylic acids is 1. The monoisotopic (exact) mass is 293 g/mol. The van der Waals surface area contributed by atoms with E-state index < -0.39 is 11.9 Å². The van der Waals surface area contributed by atoms with Crippen molar-refractivity contribution in [3.8, 4) is 6.07 Å². The van der Waals surface area contributed by atoms with Crippen molar-refractivity contribution in [2.75, 3.05) is 5.32 Å². The molecule has 0 aliphatic heterocycles. The highest BCUT2D eigenvalue weighted by molar-refractivity contribution is 6.34. The summed E-state index contributed by atoms with van der Waals surface area (Å²) in [4.78, 5) is 15.5. The standard InChI is InChI=1S/C14H16ClN3O2/c15-12-9(8-16)6-7-17-13(12)18-11-5-3-1-2-4-10(11)14(19)20/h6-7,10-11H,1-5H2,(H,17,18)(H,19,20). The van der Waals surface area contributed by atoms with Gasteiger partial charge in [-0.1, -0.05) is 30.9 Å². The predicted octanol–water partition coefficient (Wildman–Crippen LogP) is 3.05. The van der Waals surface area contributed by atoms with Gasteiger partial charge < -0.3 is 10.4 Å². The molecule has 0 spiro atoms. The summed E-state index contributed by atoms with van der Waals surface area (Å²) < 4.78 is 0. The number of carboxylic acid groups (broad SMARTS) is 1. The lowest BCUT2D eigenvalue weighted by atomic mass is 9.95. The number of nitrogens with one attached hydrogen (secondary N) is 1. The van der Waals surface area contributed by atoms with E-state index >= 15 is 0 Å². The van der Waals surface area contributed by atoms with Crippen LogP contribution in [0.2, 0.25) is 5.02 Å². The zero-order chi connectivity index (χ0) is 14.5. The van der Waals surface area contributed by atoms with Crippen LogP contribution in [0.4, 0.5) is 5.82 Å². The van der Waals surface area contributed by atoms with Gasteiger partial charge >= 0.3 is 5.97 Å². The van der Waals surface area contributed by atoms with Crippen molar-refractivity contribution in [2.45, 2.75) is 38.1 Å². The summed E-state index contributed by atoms with van der Waals surface area (Å²) in [5.74, 6) is -0.845. The molecule has 2 rings (SSSR count). The largest absolute Gasteiger partial charge is 0.481 e. The molecule has 0 radical (unpaired) electrons. The third-order valence-corrected chi connectivity index (χ3v) is 4.05. The van der Waals surface area contributed by atoms with E-state index in [2.05, 4.69) is 10.3 Å². The second-order valence-electron chi connectivity index (χ2n) is 4.97. The van der Waals surface area contributed by atoms with Gasteiger partial charge in [0, 0.05) is 12.2 Å². The maximum atomic E-state index is 11.4. The molecule has 1 heterocycles. The molecule has 2 N–H and O–H groups in total. The van der Waals surface area contributed by atoms with Gasteiger partial charge in [-0.05, 0) is 18.9 Å². The number of carbonyl (C=O) groups is 1. The lowest BCUT2D eigenvalue weighted by molar-refractivity contribution is -0.142. The van der Waals surface area contributed by atoms with Crippen molar-refractivity contribution in [3.63, 3.8) is 0 Å². The normalized spacial score (nSPS) is 22.6. The minimum absolute atomic E-state index is 0.200. The number of pyridine rings is 1. The van der Waals surface area contributed by atoms with Crippen LogP contribution in [0.25, 0.3) is 0 Å². The Morgan fingerprint density at radius 3 is 2.90 bits per heavy atom. The molecule has 0 amide bonds. The Hall–Kier alpha value is -1.80. The predicted molar refractivity (Wildman–Crippen MR) is 75.6 cm³/mol. The van der Waals surface area contributed by atoms with Crippen LogP contribution in [0.15, 0.2) is 12.3 Å². The van der Waals surface area contributed by atoms with E-state index in [4.69, 9.17) is 16.9 Å². The van der Waals surface area contributed by atoms with Crippen molar-refractivity contribution in [3.05, 3.63) is 22.8 Å². The molecule has 0 saturated heterocycles. The quantitative estimate of drug-likeness (QED) is 0.837. The minimum atomic E-state index is -0.794. The van der Waals surface area contributed by atoms with Crippen molar-refractivity contribution < 1.29 is 9.90 Å². The molecule has 0 aromatic carbocycles. The molecule has 6 heteroatoms. The minimum Gasteiger partial charge on any atom is -0.481 e. The number of rotatable bonds is 3. The second kappa shape index (κ2) is 6.58. The Balaban J connectivity index is 2.22. The lowest BCUT2D eigenvalue weighted by Gasteiger charge is -2.23. The van der Waals surface area contributed by atoms with Gasteiger partial charge in [0.25, 0.3) is 0 Å². The van der Waals surface area contributed by atoms with E-state index in [1.54, 1.807) is 0 Å². The summed E-state index contributed by atoms with van der Waals surface area (Å²) in [6.07, 6.45) is 5.88. The van der Waals surface area contributed by atoms with Gasteiger partial charge in [-0.15, -0.1) is 0 Å². The number of carboxylic acids is 1. The highest BCUT2D eigenvalue weighted by Gasteiger charge is 2.30. The summed E-state index contributed by atoms with van der Waals surface area (Å²) >= 11 is 6.10. The number of nitrogens with zero attached hydrogens (tertiary/aromatic N) is 2. The Kier molecular flexibility index (Phi) is 4.80. The lowest BCUT2D eigenvalue weighted by Crippen LogP contribution is -2.34. The molecule has 1 aliphatic rings. The number of nitriles is 1. The molecule has 2 atom stereocenters. The molecule has 0 bridgehead atoms. The zero-order valence-corrected chi connectivity index (χ0v) is 11.7. The van der Waals surface area contributed by atoms with Gasteiger partial charge in [0.05, 0.1) is 11.5 Å². The summed E-state index contributed by atoms with van der Waals surface area (Å²) in [7, 11) is 0. The maximum Gasteiger partial charge on any atom is 0.308 e. The maximum absolute atomic E-state index is 11.4. The Morgan fingerprint density at radius 2 is 2.20 bits per heavy atom. The van der Waals surface area contributed by atoms with Crippen LogP contribution in [-0.4, -0.2) is 22.1 Å². The fourth-order valence-electron chi connectivity index (χ4n) is 2.58. The molecule has 1 aromatic rings. The molecule has 20 heavy (non-hydrogen) atoms. The van der Waals surface area contributed by atoms with Crippen molar-refractivity contribution in [2.24, 2.45) is 5.92 Å². The van der Waals surface area contributed by atoms with Gasteiger partial charge in [0.2, 0.25) is 0 Å². The van der Waals surface area contributed by atoms with Crippen molar-refractivity contribution in [1.82, 2.24) is 4.98 Å². The summed E-state index contributed by atoms with van der Waals surface area (Å²) in [5.41, 5.74) is 0.338. The molecule has 5 nitrogen and oxygen atoms in total. The molecule has 2 unspecified atom stereocenters. The number of hydrogen-bond acceptors (Lipinski definition) is 4. The SMILES string of the molecule is N#Cc1ccnc(NC2CCCCCC2C(=O)O)c1Cl. The first kappa shape index (κ1) is 14.6. The Bertz CT molecular complexity index is 542. The topological polar surface area (TPSA) is 86.0 Å². The first-order valence-corrected chi connectivity index (χ1v) is 7.05.